The van der Waals surface area contributed by atoms with Crippen LogP contribution in [0, 0.1) is 13.8 Å². The molecule has 0 aromatic heterocycles. The number of hydrogen-bond donors (Lipinski definition) is 11. The summed E-state index contributed by atoms with van der Waals surface area (Å²) in [6.45, 7) is 3.85. The molecule has 0 aliphatic heterocycles. The molecule has 18 nitrogen and oxygen atoms in total. The number of aliphatic carboxylic acids is 1. The van der Waals surface area contributed by atoms with Gasteiger partial charge in [0.2, 0.25) is 29.5 Å². The summed E-state index contributed by atoms with van der Waals surface area (Å²) in [5, 5.41) is 29.7. The molecule has 0 spiro atoms. The summed E-state index contributed by atoms with van der Waals surface area (Å²) in [6, 6.07) is 5.52. The Morgan fingerprint density at radius 2 is 1.24 bits per heavy atom. The van der Waals surface area contributed by atoms with Gasteiger partial charge < -0.3 is 60.1 Å². The molecule has 18 heteroatoms. The lowest BCUT2D eigenvalue weighted by Gasteiger charge is -2.27. The highest BCUT2D eigenvalue weighted by molar-refractivity contribution is 5.96. The van der Waals surface area contributed by atoms with Crippen molar-refractivity contribution in [1.29, 1.82) is 0 Å². The molecule has 0 heterocycles. The highest BCUT2D eigenvalue weighted by atomic mass is 16.4. The number of phenolic OH excluding ortho intramolecular Hbond substituents is 1. The highest BCUT2D eigenvalue weighted by Crippen LogP contribution is 2.22. The lowest BCUT2D eigenvalue weighted by Crippen LogP contribution is -2.59. The first-order valence-electron chi connectivity index (χ1n) is 17.6. The topological polar surface area (TPSA) is 333 Å². The molecular weight excluding hydrogens is 700 g/mol. The average molecular weight is 755 g/mol. The zero-order chi connectivity index (χ0) is 40.4. The van der Waals surface area contributed by atoms with E-state index in [4.69, 9.17) is 33.8 Å². The average Bonchev–Trinajstić information content (AvgIpc) is 3.09. The largest absolute Gasteiger partial charge is 0.508 e. The Morgan fingerprint density at radius 3 is 1.78 bits per heavy atom. The number of benzene rings is 2. The first-order chi connectivity index (χ1) is 25.5. The number of rotatable bonds is 23. The molecule has 2 aromatic carbocycles. The highest BCUT2D eigenvalue weighted by Gasteiger charge is 2.32. The summed E-state index contributed by atoms with van der Waals surface area (Å²) in [5.41, 5.74) is 30.5. The third kappa shape index (κ3) is 15.5. The van der Waals surface area contributed by atoms with Crippen molar-refractivity contribution >= 4 is 41.5 Å². The monoisotopic (exact) mass is 754 g/mol. The summed E-state index contributed by atoms with van der Waals surface area (Å²) in [5.74, 6) is -5.47. The van der Waals surface area contributed by atoms with E-state index in [0.717, 1.165) is 5.56 Å². The van der Waals surface area contributed by atoms with Crippen LogP contribution in [0.3, 0.4) is 0 Å². The molecule has 54 heavy (non-hydrogen) atoms. The molecule has 0 saturated heterocycles. The number of guanidine groups is 1. The van der Waals surface area contributed by atoms with Crippen molar-refractivity contribution < 1.29 is 39.0 Å². The smallest absolute Gasteiger partial charge is 0.305 e. The van der Waals surface area contributed by atoms with Crippen molar-refractivity contribution in [2.45, 2.75) is 95.4 Å². The Kier molecular flexibility index (Phi) is 18.4. The lowest BCUT2D eigenvalue weighted by molar-refractivity contribution is -0.140. The van der Waals surface area contributed by atoms with Gasteiger partial charge in [-0.05, 0) is 86.9 Å². The quantitative estimate of drug-likeness (QED) is 0.0340. The Balaban J connectivity index is 2.46. The van der Waals surface area contributed by atoms with E-state index in [-0.39, 0.29) is 50.4 Å². The molecule has 0 aliphatic rings. The molecule has 0 radical (unpaired) electrons. The molecule has 0 fully saturated rings. The van der Waals surface area contributed by atoms with Crippen molar-refractivity contribution in [1.82, 2.24) is 21.3 Å². The molecule has 296 valence electrons. The Bertz CT molecular complexity index is 1610. The normalized spacial score (nSPS) is 13.6. The maximum atomic E-state index is 14.2. The number of nitrogens with zero attached hydrogens (tertiary/aromatic N) is 1. The van der Waals surface area contributed by atoms with Crippen LogP contribution < -0.4 is 49.9 Å². The van der Waals surface area contributed by atoms with Crippen LogP contribution in [0.5, 0.6) is 5.75 Å². The minimum atomic E-state index is -1.48. The summed E-state index contributed by atoms with van der Waals surface area (Å²) in [7, 11) is 0. The second-order valence-corrected chi connectivity index (χ2v) is 13.0. The number of carboxylic acid groups (broad SMARTS) is 1. The van der Waals surface area contributed by atoms with Crippen molar-refractivity contribution in [2.24, 2.45) is 33.7 Å². The number of aryl methyl sites for hydroxylation is 2. The molecular formula is C36H54N10O8. The van der Waals surface area contributed by atoms with Crippen molar-refractivity contribution in [3.8, 4) is 5.75 Å². The fourth-order valence-corrected chi connectivity index (χ4v) is 5.69. The van der Waals surface area contributed by atoms with Crippen LogP contribution >= 0.6 is 0 Å². The fourth-order valence-electron chi connectivity index (χ4n) is 5.69. The van der Waals surface area contributed by atoms with E-state index in [1.807, 2.05) is 0 Å². The van der Waals surface area contributed by atoms with Crippen LogP contribution in [0.1, 0.15) is 60.8 Å². The maximum Gasteiger partial charge on any atom is 0.305 e. The number of primary amides is 1. The minimum Gasteiger partial charge on any atom is -0.508 e. The van der Waals surface area contributed by atoms with E-state index in [9.17, 15) is 33.9 Å². The summed E-state index contributed by atoms with van der Waals surface area (Å²) in [6.07, 6.45) is 0.573. The third-order valence-corrected chi connectivity index (χ3v) is 8.55. The fraction of sp³-hybridized carbons (Fsp3) is 0.472. The summed E-state index contributed by atoms with van der Waals surface area (Å²) in [4.78, 5) is 82.0. The zero-order valence-electron chi connectivity index (χ0n) is 30.7. The maximum absolute atomic E-state index is 14.2. The van der Waals surface area contributed by atoms with Crippen LogP contribution in [-0.2, 0) is 41.6 Å². The van der Waals surface area contributed by atoms with Crippen LogP contribution in [0.2, 0.25) is 0 Å². The summed E-state index contributed by atoms with van der Waals surface area (Å²) >= 11 is 0. The van der Waals surface area contributed by atoms with Gasteiger partial charge in [-0.3, -0.25) is 33.8 Å². The Morgan fingerprint density at radius 1 is 0.722 bits per heavy atom. The predicted octanol–water partition coefficient (Wildman–Crippen LogP) is -1.80. The van der Waals surface area contributed by atoms with Crippen LogP contribution in [-0.4, -0.2) is 95.0 Å². The van der Waals surface area contributed by atoms with Gasteiger partial charge in [-0.25, -0.2) is 0 Å². The lowest BCUT2D eigenvalue weighted by atomic mass is 9.94. The second-order valence-electron chi connectivity index (χ2n) is 13.0. The second kappa shape index (κ2) is 22.3. The number of aliphatic imine (C=N–C) groups is 1. The predicted molar refractivity (Wildman–Crippen MR) is 201 cm³/mol. The van der Waals surface area contributed by atoms with E-state index < -0.39 is 72.1 Å². The number of nitrogens with one attached hydrogen (secondary N) is 4. The molecule has 0 aliphatic carbocycles. The molecule has 0 unspecified atom stereocenters. The van der Waals surface area contributed by atoms with Crippen molar-refractivity contribution in [3.63, 3.8) is 0 Å². The number of carboxylic acids is 1. The molecule has 16 N–H and O–H groups in total. The van der Waals surface area contributed by atoms with Crippen LogP contribution in [0.4, 0.5) is 0 Å². The number of phenols is 1. The number of carbonyl (C=O) groups is 6. The van der Waals surface area contributed by atoms with Crippen LogP contribution in [0.25, 0.3) is 0 Å². The number of carbonyl (C=O) groups excluding carboxylic acids is 5. The number of aromatic hydroxyl groups is 1. The standard InChI is InChI=1S/C36H54N10O8/c1-20-15-23(47)16-21(2)24(20)18-29(46-34(53)27(12-8-14-42-36(40)41)43-32(51)25(38)19-30(48)49)35(54)44-26(11-6-7-13-37)33(52)45-28(31(39)50)17-22-9-4-3-5-10-22/h3-5,9-10,15-16,25-29,47H,6-8,11-14,17-19,37-38H2,1-2H3,(H2,39,50)(H,43,51)(H,44,54)(H,45,52)(H,46,53)(H,48,49)(H4,40,41,42)/t25-,26-,27-,28-,29-/m0/s1. The van der Waals surface area contributed by atoms with E-state index in [1.165, 1.54) is 12.1 Å². The number of unbranched alkanes of at least 4 members (excludes halogenated alkanes) is 1. The van der Waals surface area contributed by atoms with Gasteiger partial charge in [-0.2, -0.15) is 0 Å². The van der Waals surface area contributed by atoms with Gasteiger partial charge in [-0.1, -0.05) is 30.3 Å². The summed E-state index contributed by atoms with van der Waals surface area (Å²) < 4.78 is 0. The third-order valence-electron chi connectivity index (χ3n) is 8.55. The van der Waals surface area contributed by atoms with E-state index >= 15 is 0 Å². The Labute approximate surface area is 314 Å². The van der Waals surface area contributed by atoms with Gasteiger partial charge in [0, 0.05) is 19.4 Å². The van der Waals surface area contributed by atoms with E-state index in [1.54, 1.807) is 44.2 Å². The molecule has 5 atom stereocenters. The molecule has 5 amide bonds. The number of amides is 5. The first-order valence-corrected chi connectivity index (χ1v) is 17.6. The number of hydrogen-bond acceptors (Lipinski definition) is 10. The zero-order valence-corrected chi connectivity index (χ0v) is 30.7. The van der Waals surface area contributed by atoms with Crippen molar-refractivity contribution in [3.05, 3.63) is 64.7 Å². The van der Waals surface area contributed by atoms with Gasteiger partial charge in [0.25, 0.3) is 0 Å². The molecule has 0 bridgehead atoms. The van der Waals surface area contributed by atoms with Gasteiger partial charge in [0.15, 0.2) is 5.96 Å². The molecule has 2 rings (SSSR count). The molecule has 2 aromatic rings. The minimum absolute atomic E-state index is 0.00353. The van der Waals surface area contributed by atoms with E-state index in [2.05, 4.69) is 26.3 Å². The Hall–Kier alpha value is -5.75. The number of nitrogens with two attached hydrogens (primary N) is 5. The van der Waals surface area contributed by atoms with Gasteiger partial charge in [0.05, 0.1) is 12.5 Å². The van der Waals surface area contributed by atoms with Gasteiger partial charge >= 0.3 is 5.97 Å². The SMILES string of the molecule is Cc1cc(O)cc(C)c1C[C@H](NC(=O)[C@H](CCCN=C(N)N)NC(=O)[C@@H](N)CC(=O)O)C(=O)N[C@@H](CCCCN)C(=O)N[C@@H](Cc1ccccc1)C(N)=O. The first kappa shape index (κ1) is 44.4. The van der Waals surface area contributed by atoms with Gasteiger partial charge in [-0.15, -0.1) is 0 Å². The van der Waals surface area contributed by atoms with E-state index in [0.29, 0.717) is 36.1 Å². The van der Waals surface area contributed by atoms with Gasteiger partial charge in [0.1, 0.15) is 29.9 Å². The van der Waals surface area contributed by atoms with Crippen molar-refractivity contribution in [2.75, 3.05) is 13.1 Å². The molecule has 0 saturated carbocycles. The van der Waals surface area contributed by atoms with Crippen LogP contribution in [0.15, 0.2) is 47.5 Å².